The molecule has 0 unspecified atom stereocenters. The van der Waals surface area contributed by atoms with Crippen LogP contribution in [0.1, 0.15) is 22.7 Å². The molecule has 0 bridgehead atoms. The minimum absolute atomic E-state index is 0.499. The van der Waals surface area contributed by atoms with Crippen molar-refractivity contribution in [2.45, 2.75) is 19.9 Å². The lowest BCUT2D eigenvalue weighted by molar-refractivity contribution is 0.664. The zero-order valence-electron chi connectivity index (χ0n) is 6.64. The van der Waals surface area contributed by atoms with Crippen LogP contribution in [0.4, 0.5) is 0 Å². The molecule has 1 aromatic rings. The molecule has 0 fully saturated rings. The number of hydrogen-bond acceptors (Lipinski definition) is 2. The summed E-state index contributed by atoms with van der Waals surface area (Å²) in [6, 6.07) is 4.84. The molecule has 1 rings (SSSR count). The average molecular weight is 155 g/mol. The lowest BCUT2D eigenvalue weighted by Crippen LogP contribution is -2.10. The number of nitrogens with one attached hydrogen (secondary N) is 1. The van der Waals surface area contributed by atoms with Gasteiger partial charge in [0.15, 0.2) is 0 Å². The Labute approximate surface area is 66.1 Å². The highest BCUT2D eigenvalue weighted by atomic mass is 32.1. The van der Waals surface area contributed by atoms with Crippen LogP contribution < -0.4 is 5.32 Å². The summed E-state index contributed by atoms with van der Waals surface area (Å²) in [5.74, 6) is 0. The van der Waals surface area contributed by atoms with Crippen LogP contribution in [-0.2, 0) is 0 Å². The minimum atomic E-state index is 0.499. The summed E-state index contributed by atoms with van der Waals surface area (Å²) in [4.78, 5) is 2.80. The van der Waals surface area contributed by atoms with E-state index in [1.165, 1.54) is 9.75 Å². The Morgan fingerprint density at radius 2 is 2.20 bits per heavy atom. The second kappa shape index (κ2) is 3.17. The monoisotopic (exact) mass is 155 g/mol. The van der Waals surface area contributed by atoms with E-state index in [0.717, 1.165) is 0 Å². The van der Waals surface area contributed by atoms with E-state index >= 15 is 0 Å². The average Bonchev–Trinajstić information content (AvgIpc) is 2.34. The first-order chi connectivity index (χ1) is 4.74. The van der Waals surface area contributed by atoms with Gasteiger partial charge in [-0.25, -0.2) is 0 Å². The Morgan fingerprint density at radius 1 is 1.50 bits per heavy atom. The van der Waals surface area contributed by atoms with E-state index in [1.807, 2.05) is 18.4 Å². The van der Waals surface area contributed by atoms with E-state index in [4.69, 9.17) is 0 Å². The molecule has 0 spiro atoms. The fourth-order valence-electron chi connectivity index (χ4n) is 0.828. The Balaban J connectivity index is 2.74. The molecule has 0 saturated heterocycles. The molecule has 0 aromatic carbocycles. The summed E-state index contributed by atoms with van der Waals surface area (Å²) in [5, 5.41) is 3.20. The van der Waals surface area contributed by atoms with E-state index in [9.17, 15) is 0 Å². The van der Waals surface area contributed by atoms with Gasteiger partial charge in [-0.1, -0.05) is 0 Å². The maximum absolute atomic E-state index is 3.20. The highest BCUT2D eigenvalue weighted by Gasteiger charge is 2.02. The van der Waals surface area contributed by atoms with Gasteiger partial charge in [-0.15, -0.1) is 11.3 Å². The van der Waals surface area contributed by atoms with Crippen molar-refractivity contribution in [3.05, 3.63) is 21.9 Å². The molecule has 56 valence electrons. The summed E-state index contributed by atoms with van der Waals surface area (Å²) in [5.41, 5.74) is 0. The van der Waals surface area contributed by atoms with Crippen LogP contribution in [0.5, 0.6) is 0 Å². The molecule has 0 amide bonds. The molecule has 10 heavy (non-hydrogen) atoms. The van der Waals surface area contributed by atoms with Gasteiger partial charge < -0.3 is 5.32 Å². The van der Waals surface area contributed by atoms with E-state index in [0.29, 0.717) is 6.04 Å². The fourth-order valence-corrected chi connectivity index (χ4v) is 1.77. The van der Waals surface area contributed by atoms with E-state index in [-0.39, 0.29) is 0 Å². The highest BCUT2D eigenvalue weighted by Crippen LogP contribution is 2.21. The van der Waals surface area contributed by atoms with Crippen molar-refractivity contribution in [1.29, 1.82) is 0 Å². The lowest BCUT2D eigenvalue weighted by atomic mass is 10.3. The van der Waals surface area contributed by atoms with Crippen LogP contribution in [-0.4, -0.2) is 7.05 Å². The second-order valence-electron chi connectivity index (χ2n) is 2.46. The van der Waals surface area contributed by atoms with Crippen LogP contribution in [0, 0.1) is 6.92 Å². The van der Waals surface area contributed by atoms with E-state index in [2.05, 4.69) is 31.3 Å². The highest BCUT2D eigenvalue weighted by molar-refractivity contribution is 7.12. The molecule has 1 atom stereocenters. The molecule has 1 aromatic heterocycles. The molecule has 1 heterocycles. The summed E-state index contributed by atoms with van der Waals surface area (Å²) >= 11 is 1.86. The lowest BCUT2D eigenvalue weighted by Gasteiger charge is -2.05. The van der Waals surface area contributed by atoms with Crippen molar-refractivity contribution >= 4 is 11.3 Å². The van der Waals surface area contributed by atoms with Gasteiger partial charge >= 0.3 is 0 Å². The van der Waals surface area contributed by atoms with Gasteiger partial charge in [0.1, 0.15) is 0 Å². The molecular formula is C8H13NS. The standard InChI is InChI=1S/C8H13NS/c1-6-4-5-8(10-6)7(2)9-3/h4-5,7,9H,1-3H3/t7-/m0/s1. The van der Waals surface area contributed by atoms with Crippen molar-refractivity contribution in [2.24, 2.45) is 0 Å². The van der Waals surface area contributed by atoms with Crippen molar-refractivity contribution in [2.75, 3.05) is 7.05 Å². The van der Waals surface area contributed by atoms with Crippen LogP contribution >= 0.6 is 11.3 Å². The third-order valence-corrected chi connectivity index (χ3v) is 2.80. The number of thiophene rings is 1. The van der Waals surface area contributed by atoms with Crippen LogP contribution in [0.3, 0.4) is 0 Å². The van der Waals surface area contributed by atoms with Gasteiger partial charge in [0, 0.05) is 15.8 Å². The van der Waals surface area contributed by atoms with Gasteiger partial charge in [0.2, 0.25) is 0 Å². The molecule has 0 aliphatic carbocycles. The maximum atomic E-state index is 3.20. The third-order valence-electron chi connectivity index (χ3n) is 1.62. The third kappa shape index (κ3) is 1.58. The second-order valence-corrected chi connectivity index (χ2v) is 3.78. The molecule has 1 nitrogen and oxygen atoms in total. The first-order valence-corrected chi connectivity index (χ1v) is 4.29. The maximum Gasteiger partial charge on any atom is 0.0383 e. The SMILES string of the molecule is CN[C@@H](C)c1ccc(C)s1. The normalized spacial score (nSPS) is 13.5. The number of hydrogen-bond donors (Lipinski definition) is 1. The van der Waals surface area contributed by atoms with Crippen LogP contribution in [0.2, 0.25) is 0 Å². The molecular weight excluding hydrogens is 142 g/mol. The number of aryl methyl sites for hydroxylation is 1. The molecule has 0 aliphatic rings. The zero-order valence-corrected chi connectivity index (χ0v) is 7.46. The van der Waals surface area contributed by atoms with Crippen molar-refractivity contribution < 1.29 is 0 Å². The molecule has 0 aliphatic heterocycles. The molecule has 0 radical (unpaired) electrons. The summed E-state index contributed by atoms with van der Waals surface area (Å²) in [6.45, 7) is 4.31. The topological polar surface area (TPSA) is 12.0 Å². The Bertz CT molecular complexity index is 205. The van der Waals surface area contributed by atoms with Crippen molar-refractivity contribution in [3.8, 4) is 0 Å². The quantitative estimate of drug-likeness (QED) is 0.691. The minimum Gasteiger partial charge on any atom is -0.313 e. The van der Waals surface area contributed by atoms with Crippen LogP contribution in [0.15, 0.2) is 12.1 Å². The molecule has 2 heteroatoms. The first kappa shape index (κ1) is 7.76. The first-order valence-electron chi connectivity index (χ1n) is 3.47. The smallest absolute Gasteiger partial charge is 0.0383 e. The van der Waals surface area contributed by atoms with Gasteiger partial charge in [0.05, 0.1) is 0 Å². The van der Waals surface area contributed by atoms with Gasteiger partial charge in [-0.2, -0.15) is 0 Å². The van der Waals surface area contributed by atoms with Gasteiger partial charge in [0.25, 0.3) is 0 Å². The Kier molecular flexibility index (Phi) is 2.46. The predicted octanol–water partition coefficient (Wildman–Crippen LogP) is 2.34. The Hall–Kier alpha value is -0.340. The number of rotatable bonds is 2. The molecule has 0 saturated carbocycles. The summed E-state index contributed by atoms with van der Waals surface area (Å²) in [7, 11) is 1.99. The Morgan fingerprint density at radius 3 is 2.60 bits per heavy atom. The van der Waals surface area contributed by atoms with E-state index < -0.39 is 0 Å². The largest absolute Gasteiger partial charge is 0.313 e. The summed E-state index contributed by atoms with van der Waals surface area (Å²) in [6.07, 6.45) is 0. The van der Waals surface area contributed by atoms with Crippen LogP contribution in [0.25, 0.3) is 0 Å². The predicted molar refractivity (Wildman–Crippen MR) is 46.5 cm³/mol. The van der Waals surface area contributed by atoms with Gasteiger partial charge in [-0.3, -0.25) is 0 Å². The summed E-state index contributed by atoms with van der Waals surface area (Å²) < 4.78 is 0. The van der Waals surface area contributed by atoms with Crippen molar-refractivity contribution in [3.63, 3.8) is 0 Å². The zero-order chi connectivity index (χ0) is 7.56. The fraction of sp³-hybridized carbons (Fsp3) is 0.500. The van der Waals surface area contributed by atoms with E-state index in [1.54, 1.807) is 0 Å². The van der Waals surface area contributed by atoms with Gasteiger partial charge in [-0.05, 0) is 33.0 Å². The molecule has 1 N–H and O–H groups in total. The van der Waals surface area contributed by atoms with Crippen molar-refractivity contribution in [1.82, 2.24) is 5.32 Å².